The van der Waals surface area contributed by atoms with Gasteiger partial charge in [-0.15, -0.1) is 0 Å². The number of carbonyl (C=O) groups is 1. The first kappa shape index (κ1) is 12.5. The molecule has 1 rings (SSSR count). The lowest BCUT2D eigenvalue weighted by atomic mass is 9.88. The SMILES string of the molecule is CC(C)C1CCCC(C(O)C(=O)O)CC1. The molecule has 0 aromatic carbocycles. The van der Waals surface area contributed by atoms with Crippen LogP contribution >= 0.6 is 0 Å². The zero-order valence-corrected chi connectivity index (χ0v) is 9.65. The molecular formula is C12H22O3. The van der Waals surface area contributed by atoms with Crippen LogP contribution in [0.5, 0.6) is 0 Å². The number of carboxylic acids is 1. The molecule has 0 heterocycles. The third-order valence-electron chi connectivity index (χ3n) is 3.70. The lowest BCUT2D eigenvalue weighted by Crippen LogP contribution is -2.29. The van der Waals surface area contributed by atoms with Crippen molar-refractivity contribution in [3.63, 3.8) is 0 Å². The third kappa shape index (κ3) is 3.49. The highest BCUT2D eigenvalue weighted by Gasteiger charge is 2.29. The van der Waals surface area contributed by atoms with Crippen molar-refractivity contribution in [3.05, 3.63) is 0 Å². The molecule has 0 bridgehead atoms. The molecular weight excluding hydrogens is 192 g/mol. The van der Waals surface area contributed by atoms with Crippen molar-refractivity contribution in [2.45, 2.75) is 52.1 Å². The molecule has 15 heavy (non-hydrogen) atoms. The van der Waals surface area contributed by atoms with Crippen LogP contribution < -0.4 is 0 Å². The number of aliphatic hydroxyl groups is 1. The second kappa shape index (κ2) is 5.50. The molecule has 3 nitrogen and oxygen atoms in total. The number of aliphatic hydroxyl groups excluding tert-OH is 1. The first-order chi connectivity index (χ1) is 7.02. The quantitative estimate of drug-likeness (QED) is 0.709. The molecule has 0 aromatic rings. The van der Waals surface area contributed by atoms with Gasteiger partial charge in [-0.05, 0) is 37.0 Å². The van der Waals surface area contributed by atoms with Gasteiger partial charge in [0.05, 0.1) is 0 Å². The zero-order chi connectivity index (χ0) is 11.4. The Hall–Kier alpha value is -0.570. The molecule has 3 atom stereocenters. The van der Waals surface area contributed by atoms with Gasteiger partial charge in [-0.2, -0.15) is 0 Å². The Morgan fingerprint density at radius 2 is 1.67 bits per heavy atom. The van der Waals surface area contributed by atoms with Crippen LogP contribution in [0.25, 0.3) is 0 Å². The fourth-order valence-electron chi connectivity index (χ4n) is 2.54. The highest BCUT2D eigenvalue weighted by atomic mass is 16.4. The average molecular weight is 214 g/mol. The fraction of sp³-hybridized carbons (Fsp3) is 0.917. The van der Waals surface area contributed by atoms with E-state index in [2.05, 4.69) is 13.8 Å². The highest BCUT2D eigenvalue weighted by molar-refractivity contribution is 5.72. The van der Waals surface area contributed by atoms with Crippen LogP contribution in [-0.4, -0.2) is 22.3 Å². The molecule has 0 amide bonds. The minimum absolute atomic E-state index is 0.0359. The third-order valence-corrected chi connectivity index (χ3v) is 3.70. The zero-order valence-electron chi connectivity index (χ0n) is 9.65. The van der Waals surface area contributed by atoms with Gasteiger partial charge in [-0.1, -0.05) is 26.7 Å². The van der Waals surface area contributed by atoms with E-state index in [-0.39, 0.29) is 5.92 Å². The lowest BCUT2D eigenvalue weighted by molar-refractivity contribution is -0.149. The van der Waals surface area contributed by atoms with E-state index < -0.39 is 12.1 Å². The van der Waals surface area contributed by atoms with Crippen LogP contribution in [0, 0.1) is 17.8 Å². The van der Waals surface area contributed by atoms with E-state index in [9.17, 15) is 9.90 Å². The van der Waals surface area contributed by atoms with Crippen LogP contribution in [-0.2, 0) is 4.79 Å². The summed E-state index contributed by atoms with van der Waals surface area (Å²) in [5.74, 6) is 0.274. The van der Waals surface area contributed by atoms with Crippen LogP contribution in [0.15, 0.2) is 0 Å². The predicted octanol–water partition coefficient (Wildman–Crippen LogP) is 2.28. The minimum atomic E-state index is -1.16. The van der Waals surface area contributed by atoms with Gasteiger partial charge >= 0.3 is 5.97 Å². The van der Waals surface area contributed by atoms with E-state index in [0.29, 0.717) is 11.8 Å². The number of aliphatic carboxylic acids is 1. The van der Waals surface area contributed by atoms with E-state index in [4.69, 9.17) is 5.11 Å². The Balaban J connectivity index is 2.49. The summed E-state index contributed by atoms with van der Waals surface area (Å²) in [6.07, 6.45) is 3.86. The van der Waals surface area contributed by atoms with Crippen molar-refractivity contribution in [2.75, 3.05) is 0 Å². The average Bonchev–Trinajstić information content (AvgIpc) is 2.41. The summed E-state index contributed by atoms with van der Waals surface area (Å²) in [5.41, 5.74) is 0. The Bertz CT molecular complexity index is 213. The molecule has 1 fully saturated rings. The summed E-state index contributed by atoms with van der Waals surface area (Å²) in [7, 11) is 0. The van der Waals surface area contributed by atoms with Crippen LogP contribution in [0.1, 0.15) is 46.0 Å². The van der Waals surface area contributed by atoms with Crippen molar-refractivity contribution >= 4 is 5.97 Å². The number of rotatable bonds is 3. The second-order valence-electron chi connectivity index (χ2n) is 5.06. The summed E-state index contributed by atoms with van der Waals surface area (Å²) < 4.78 is 0. The first-order valence-corrected chi connectivity index (χ1v) is 5.93. The van der Waals surface area contributed by atoms with E-state index in [0.717, 1.165) is 25.7 Å². The summed E-state index contributed by atoms with van der Waals surface area (Å²) in [6.45, 7) is 4.44. The Labute approximate surface area is 91.5 Å². The summed E-state index contributed by atoms with van der Waals surface area (Å²) in [5, 5.41) is 18.3. The Morgan fingerprint density at radius 3 is 2.20 bits per heavy atom. The molecule has 0 aromatic heterocycles. The maximum atomic E-state index is 10.7. The van der Waals surface area contributed by atoms with Gasteiger partial charge in [0.1, 0.15) is 0 Å². The summed E-state index contributed by atoms with van der Waals surface area (Å²) in [6, 6.07) is 0. The second-order valence-corrected chi connectivity index (χ2v) is 5.06. The van der Waals surface area contributed by atoms with Gasteiger partial charge in [0.15, 0.2) is 6.10 Å². The number of hydrogen-bond acceptors (Lipinski definition) is 2. The number of carboxylic acid groups (broad SMARTS) is 1. The number of hydrogen-bond donors (Lipinski definition) is 2. The molecule has 1 aliphatic rings. The van der Waals surface area contributed by atoms with Crippen LogP contribution in [0.4, 0.5) is 0 Å². The molecule has 0 spiro atoms. The smallest absolute Gasteiger partial charge is 0.332 e. The van der Waals surface area contributed by atoms with E-state index >= 15 is 0 Å². The van der Waals surface area contributed by atoms with Gasteiger partial charge in [0.2, 0.25) is 0 Å². The molecule has 3 unspecified atom stereocenters. The van der Waals surface area contributed by atoms with Crippen molar-refractivity contribution in [2.24, 2.45) is 17.8 Å². The monoisotopic (exact) mass is 214 g/mol. The van der Waals surface area contributed by atoms with Crippen molar-refractivity contribution in [1.29, 1.82) is 0 Å². The molecule has 1 aliphatic carbocycles. The van der Waals surface area contributed by atoms with Gasteiger partial charge in [0.25, 0.3) is 0 Å². The maximum absolute atomic E-state index is 10.7. The largest absolute Gasteiger partial charge is 0.479 e. The molecule has 3 heteroatoms. The Morgan fingerprint density at radius 1 is 1.13 bits per heavy atom. The molecule has 2 N–H and O–H groups in total. The minimum Gasteiger partial charge on any atom is -0.479 e. The standard InChI is InChI=1S/C12H22O3/c1-8(2)9-4-3-5-10(7-6-9)11(13)12(14)15/h8-11,13H,3-7H2,1-2H3,(H,14,15). The first-order valence-electron chi connectivity index (χ1n) is 5.93. The molecule has 0 aliphatic heterocycles. The molecule has 88 valence electrons. The van der Waals surface area contributed by atoms with Crippen molar-refractivity contribution in [3.8, 4) is 0 Å². The van der Waals surface area contributed by atoms with Gasteiger partial charge in [-0.25, -0.2) is 4.79 Å². The summed E-state index contributed by atoms with van der Waals surface area (Å²) in [4.78, 5) is 10.7. The summed E-state index contributed by atoms with van der Waals surface area (Å²) >= 11 is 0. The normalized spacial score (nSPS) is 29.9. The highest BCUT2D eigenvalue weighted by Crippen LogP contribution is 2.33. The lowest BCUT2D eigenvalue weighted by Gasteiger charge is -2.19. The Kier molecular flexibility index (Phi) is 4.58. The van der Waals surface area contributed by atoms with Crippen molar-refractivity contribution < 1.29 is 15.0 Å². The van der Waals surface area contributed by atoms with E-state index in [1.54, 1.807) is 0 Å². The topological polar surface area (TPSA) is 57.5 Å². The van der Waals surface area contributed by atoms with E-state index in [1.807, 2.05) is 0 Å². The molecule has 0 saturated heterocycles. The van der Waals surface area contributed by atoms with Gasteiger partial charge in [0, 0.05) is 0 Å². The predicted molar refractivity (Wildman–Crippen MR) is 58.5 cm³/mol. The molecule has 1 saturated carbocycles. The van der Waals surface area contributed by atoms with Gasteiger partial charge in [-0.3, -0.25) is 0 Å². The van der Waals surface area contributed by atoms with Gasteiger partial charge < -0.3 is 10.2 Å². The molecule has 0 radical (unpaired) electrons. The van der Waals surface area contributed by atoms with Crippen molar-refractivity contribution in [1.82, 2.24) is 0 Å². The maximum Gasteiger partial charge on any atom is 0.332 e. The fourth-order valence-corrected chi connectivity index (χ4v) is 2.54. The van der Waals surface area contributed by atoms with Crippen LogP contribution in [0.3, 0.4) is 0 Å². The van der Waals surface area contributed by atoms with Crippen LogP contribution in [0.2, 0.25) is 0 Å². The van der Waals surface area contributed by atoms with E-state index in [1.165, 1.54) is 6.42 Å².